The van der Waals surface area contributed by atoms with E-state index in [-0.39, 0.29) is 5.91 Å². The van der Waals surface area contributed by atoms with Crippen LogP contribution in [0.15, 0.2) is 102 Å². The number of para-hydroxylation sites is 1. The van der Waals surface area contributed by atoms with Gasteiger partial charge in [0.25, 0.3) is 5.91 Å². The molecule has 0 aliphatic carbocycles. The van der Waals surface area contributed by atoms with Crippen LogP contribution in [0.1, 0.15) is 11.1 Å². The van der Waals surface area contributed by atoms with E-state index < -0.39 is 6.17 Å². The van der Waals surface area contributed by atoms with Crippen LogP contribution in [0.5, 0.6) is 0 Å². The maximum absolute atomic E-state index is 13.0. The highest BCUT2D eigenvalue weighted by Crippen LogP contribution is 2.25. The second-order valence-electron chi connectivity index (χ2n) is 7.12. The molecule has 4 aromatic rings. The summed E-state index contributed by atoms with van der Waals surface area (Å²) in [5, 5.41) is 14.4. The number of aliphatic imine (C=N–C) groups is 1. The quantitative estimate of drug-likeness (QED) is 0.528. The number of benzene rings is 3. The van der Waals surface area contributed by atoms with Crippen LogP contribution in [-0.4, -0.2) is 28.0 Å². The fourth-order valence-electron chi connectivity index (χ4n) is 3.55. The molecule has 3 aromatic carbocycles. The molecule has 0 fully saturated rings. The van der Waals surface area contributed by atoms with Gasteiger partial charge in [-0.1, -0.05) is 78.9 Å². The molecule has 6 heteroatoms. The van der Waals surface area contributed by atoms with Crippen LogP contribution < -0.4 is 10.6 Å². The fraction of sp³-hybridized carbons (Fsp3) is 0.0400. The van der Waals surface area contributed by atoms with Crippen molar-refractivity contribution >= 4 is 23.1 Å². The van der Waals surface area contributed by atoms with Gasteiger partial charge in [0.15, 0.2) is 5.82 Å². The first-order valence-electron chi connectivity index (χ1n) is 9.96. The predicted octanol–water partition coefficient (Wildman–Crippen LogP) is 4.37. The molecule has 5 rings (SSSR count). The summed E-state index contributed by atoms with van der Waals surface area (Å²) in [6.45, 7) is 0. The number of nitrogens with one attached hydrogen (secondary N) is 2. The Morgan fingerprint density at radius 3 is 2.23 bits per heavy atom. The zero-order chi connectivity index (χ0) is 21.0. The molecular formula is C25H19N5O. The van der Waals surface area contributed by atoms with Gasteiger partial charge in [-0.15, -0.1) is 5.10 Å². The summed E-state index contributed by atoms with van der Waals surface area (Å²) in [4.78, 5) is 17.8. The molecule has 2 heterocycles. The van der Waals surface area contributed by atoms with E-state index in [9.17, 15) is 4.79 Å². The average Bonchev–Trinajstić information content (AvgIpc) is 2.97. The maximum Gasteiger partial charge on any atom is 0.269 e. The summed E-state index contributed by atoms with van der Waals surface area (Å²) in [5.74, 6) is 0.217. The van der Waals surface area contributed by atoms with E-state index >= 15 is 0 Å². The number of carbonyl (C=O) groups is 1. The summed E-state index contributed by atoms with van der Waals surface area (Å²) in [7, 11) is 0. The number of anilines is 2. The van der Waals surface area contributed by atoms with Crippen molar-refractivity contribution in [3.8, 4) is 11.1 Å². The number of nitrogens with zero attached hydrogens (tertiary/aromatic N) is 3. The minimum atomic E-state index is -0.858. The second kappa shape index (κ2) is 8.20. The molecule has 1 aromatic heterocycles. The maximum atomic E-state index is 13.0. The van der Waals surface area contributed by atoms with Crippen molar-refractivity contribution < 1.29 is 4.79 Å². The molecule has 1 atom stereocenters. The van der Waals surface area contributed by atoms with Crippen LogP contribution in [0.25, 0.3) is 11.1 Å². The molecule has 0 saturated heterocycles. The largest absolute Gasteiger partial charge is 0.339 e. The summed E-state index contributed by atoms with van der Waals surface area (Å²) < 4.78 is 0. The molecule has 1 aliphatic heterocycles. The Morgan fingerprint density at radius 1 is 0.774 bits per heavy atom. The van der Waals surface area contributed by atoms with E-state index in [2.05, 4.69) is 20.8 Å². The molecule has 6 nitrogen and oxygen atoms in total. The standard InChI is InChI=1S/C25H19N5O/c31-25-24(28-22-15-19(16-26-30-22)17-9-3-1-4-10-17)29-23(18-11-5-2-6-12-18)20-13-7-8-14-21(20)27-25/h1-16,24H,(H,27,31)(H,28,30). The van der Waals surface area contributed by atoms with Crippen molar-refractivity contribution in [2.24, 2.45) is 4.99 Å². The molecule has 150 valence electrons. The molecule has 1 aliphatic rings. The number of carbonyl (C=O) groups excluding carboxylic acids is 1. The number of hydrogen-bond acceptors (Lipinski definition) is 5. The summed E-state index contributed by atoms with van der Waals surface area (Å²) in [5.41, 5.74) is 5.19. The Bertz CT molecular complexity index is 1260. The van der Waals surface area contributed by atoms with E-state index in [0.717, 1.165) is 33.7 Å². The van der Waals surface area contributed by atoms with Crippen LogP contribution >= 0.6 is 0 Å². The van der Waals surface area contributed by atoms with Gasteiger partial charge in [-0.25, -0.2) is 4.99 Å². The highest BCUT2D eigenvalue weighted by atomic mass is 16.2. The first kappa shape index (κ1) is 18.7. The van der Waals surface area contributed by atoms with Gasteiger partial charge in [0, 0.05) is 16.7 Å². The molecule has 0 saturated carbocycles. The van der Waals surface area contributed by atoms with Crippen LogP contribution in [0.4, 0.5) is 11.5 Å². The number of benzodiazepines with no additional fused rings is 1. The van der Waals surface area contributed by atoms with Gasteiger partial charge < -0.3 is 10.6 Å². The van der Waals surface area contributed by atoms with Crippen molar-refractivity contribution in [1.29, 1.82) is 0 Å². The van der Waals surface area contributed by atoms with E-state index in [1.807, 2.05) is 91.0 Å². The van der Waals surface area contributed by atoms with E-state index in [1.165, 1.54) is 0 Å². The van der Waals surface area contributed by atoms with Crippen LogP contribution in [0.2, 0.25) is 0 Å². The van der Waals surface area contributed by atoms with Crippen LogP contribution in [0, 0.1) is 0 Å². The summed E-state index contributed by atoms with van der Waals surface area (Å²) in [6, 6.07) is 29.3. The zero-order valence-electron chi connectivity index (χ0n) is 16.6. The molecule has 2 N–H and O–H groups in total. The minimum Gasteiger partial charge on any atom is -0.339 e. The third-order valence-electron chi connectivity index (χ3n) is 5.04. The highest BCUT2D eigenvalue weighted by Gasteiger charge is 2.26. The first-order valence-corrected chi connectivity index (χ1v) is 9.96. The Labute approximate surface area is 179 Å². The number of hydrogen-bond donors (Lipinski definition) is 2. The average molecular weight is 405 g/mol. The Morgan fingerprint density at radius 2 is 1.45 bits per heavy atom. The lowest BCUT2D eigenvalue weighted by Gasteiger charge is -2.14. The normalized spacial score (nSPS) is 15.3. The fourth-order valence-corrected chi connectivity index (χ4v) is 3.55. The van der Waals surface area contributed by atoms with Gasteiger partial charge in [0.05, 0.1) is 17.6 Å². The van der Waals surface area contributed by atoms with Crippen LogP contribution in [-0.2, 0) is 4.79 Å². The molecule has 0 spiro atoms. The minimum absolute atomic E-state index is 0.259. The lowest BCUT2D eigenvalue weighted by atomic mass is 10.0. The van der Waals surface area contributed by atoms with Crippen molar-refractivity contribution in [3.05, 3.63) is 108 Å². The predicted molar refractivity (Wildman–Crippen MR) is 122 cm³/mol. The van der Waals surface area contributed by atoms with E-state index in [0.29, 0.717) is 5.82 Å². The van der Waals surface area contributed by atoms with Crippen molar-refractivity contribution in [3.63, 3.8) is 0 Å². The Hall–Kier alpha value is -4.32. The molecule has 31 heavy (non-hydrogen) atoms. The number of aromatic nitrogens is 2. The number of amides is 1. The third-order valence-corrected chi connectivity index (χ3v) is 5.04. The lowest BCUT2D eigenvalue weighted by molar-refractivity contribution is -0.116. The van der Waals surface area contributed by atoms with Gasteiger partial charge in [-0.05, 0) is 17.7 Å². The first-order chi connectivity index (χ1) is 15.3. The van der Waals surface area contributed by atoms with Crippen LogP contribution in [0.3, 0.4) is 0 Å². The van der Waals surface area contributed by atoms with Gasteiger partial charge in [0.2, 0.25) is 6.17 Å². The third kappa shape index (κ3) is 3.91. The second-order valence-corrected chi connectivity index (χ2v) is 7.12. The molecule has 1 amide bonds. The van der Waals surface area contributed by atoms with Crippen molar-refractivity contribution in [2.45, 2.75) is 6.17 Å². The number of fused-ring (bicyclic) bond motifs is 1. The molecular weight excluding hydrogens is 386 g/mol. The van der Waals surface area contributed by atoms with E-state index in [4.69, 9.17) is 4.99 Å². The van der Waals surface area contributed by atoms with Crippen molar-refractivity contribution in [1.82, 2.24) is 10.2 Å². The smallest absolute Gasteiger partial charge is 0.269 e. The Kier molecular flexibility index (Phi) is 4.94. The molecule has 0 bridgehead atoms. The SMILES string of the molecule is O=C1Nc2ccccc2C(c2ccccc2)=NC1Nc1cc(-c2ccccc2)cnn1. The van der Waals surface area contributed by atoms with Gasteiger partial charge in [-0.3, -0.25) is 4.79 Å². The summed E-state index contributed by atoms with van der Waals surface area (Å²) in [6.07, 6.45) is 0.838. The Balaban J connectivity index is 1.53. The topological polar surface area (TPSA) is 79.3 Å². The molecule has 1 unspecified atom stereocenters. The van der Waals surface area contributed by atoms with E-state index in [1.54, 1.807) is 6.20 Å². The highest BCUT2D eigenvalue weighted by molar-refractivity contribution is 6.19. The lowest BCUT2D eigenvalue weighted by Crippen LogP contribution is -2.33. The van der Waals surface area contributed by atoms with Gasteiger partial charge >= 0.3 is 0 Å². The summed E-state index contributed by atoms with van der Waals surface area (Å²) >= 11 is 0. The zero-order valence-corrected chi connectivity index (χ0v) is 16.6. The van der Waals surface area contributed by atoms with Crippen molar-refractivity contribution in [2.75, 3.05) is 10.6 Å². The van der Waals surface area contributed by atoms with Gasteiger partial charge in [0.1, 0.15) is 0 Å². The number of rotatable bonds is 4. The molecule has 0 radical (unpaired) electrons. The monoisotopic (exact) mass is 405 g/mol. The van der Waals surface area contributed by atoms with Gasteiger partial charge in [-0.2, -0.15) is 5.10 Å².